The van der Waals surface area contributed by atoms with Crippen LogP contribution in [0, 0.1) is 11.6 Å². The van der Waals surface area contributed by atoms with Crippen molar-refractivity contribution in [1.82, 2.24) is 14.9 Å². The number of carbonyl (C=O) groups is 1. The molecule has 0 saturated heterocycles. The molecule has 0 bridgehead atoms. The second kappa shape index (κ2) is 7.48. The standard InChI is InChI=1S/C26H20F2N4O/c27-17-4-1-3-15(11-17)14-32-22-9-6-18(28)12-16(22)13-23(32)26(33)31-21-8-7-19-24-20(30-25(19)21)5-2-10-29-24/h1,3-9,11-13,29-30H,2,10,14H2,(H,31,33). The Balaban J connectivity index is 1.42. The number of amides is 1. The molecular formula is C26H20F2N4O. The third-order valence-corrected chi connectivity index (χ3v) is 6.12. The summed E-state index contributed by atoms with van der Waals surface area (Å²) in [6.07, 6.45) is 6.93. The average Bonchev–Trinajstić information content (AvgIpc) is 3.46. The van der Waals surface area contributed by atoms with Gasteiger partial charge in [0.25, 0.3) is 5.91 Å². The van der Waals surface area contributed by atoms with Gasteiger partial charge < -0.3 is 20.2 Å². The molecule has 2 aliphatic rings. The van der Waals surface area contributed by atoms with Crippen molar-refractivity contribution < 1.29 is 13.6 Å². The Morgan fingerprint density at radius 1 is 1.06 bits per heavy atom. The normalized spacial score (nSPS) is 14.1. The van der Waals surface area contributed by atoms with Gasteiger partial charge in [-0.15, -0.1) is 0 Å². The van der Waals surface area contributed by atoms with Crippen molar-refractivity contribution in [3.8, 4) is 0 Å². The van der Waals surface area contributed by atoms with Crippen molar-refractivity contribution in [3.05, 3.63) is 93.8 Å². The van der Waals surface area contributed by atoms with Crippen LogP contribution in [0.15, 0.2) is 54.6 Å². The van der Waals surface area contributed by atoms with Gasteiger partial charge in [-0.1, -0.05) is 18.2 Å². The molecule has 0 fully saturated rings. The first kappa shape index (κ1) is 19.5. The zero-order valence-electron chi connectivity index (χ0n) is 17.6. The second-order valence-electron chi connectivity index (χ2n) is 8.27. The third-order valence-electron chi connectivity index (χ3n) is 6.12. The van der Waals surface area contributed by atoms with Crippen LogP contribution in [0.25, 0.3) is 28.8 Å². The summed E-state index contributed by atoms with van der Waals surface area (Å²) in [6, 6.07) is 12.3. The molecule has 2 aromatic carbocycles. The van der Waals surface area contributed by atoms with Crippen LogP contribution in [-0.2, 0) is 6.54 Å². The number of nitrogens with one attached hydrogen (secondary N) is 3. The highest BCUT2D eigenvalue weighted by atomic mass is 19.1. The quantitative estimate of drug-likeness (QED) is 0.453. The summed E-state index contributed by atoms with van der Waals surface area (Å²) >= 11 is 0. The van der Waals surface area contributed by atoms with Gasteiger partial charge in [0.1, 0.15) is 17.3 Å². The summed E-state index contributed by atoms with van der Waals surface area (Å²) in [7, 11) is 0. The van der Waals surface area contributed by atoms with Crippen LogP contribution in [0.1, 0.15) is 28.0 Å². The molecule has 1 amide bonds. The molecular weight excluding hydrogens is 422 g/mol. The van der Waals surface area contributed by atoms with Crippen molar-refractivity contribution in [1.29, 1.82) is 0 Å². The number of anilines is 1. The lowest BCUT2D eigenvalue weighted by Gasteiger charge is -2.12. The van der Waals surface area contributed by atoms with Crippen LogP contribution >= 0.6 is 0 Å². The molecule has 7 heteroatoms. The number of aromatic amines is 1. The Morgan fingerprint density at radius 2 is 1.94 bits per heavy atom. The van der Waals surface area contributed by atoms with Crippen LogP contribution in [0.4, 0.5) is 14.5 Å². The van der Waals surface area contributed by atoms with Gasteiger partial charge in [0.2, 0.25) is 0 Å². The third kappa shape index (κ3) is 3.33. The van der Waals surface area contributed by atoms with Gasteiger partial charge in [0, 0.05) is 29.6 Å². The zero-order valence-corrected chi connectivity index (χ0v) is 17.6. The summed E-state index contributed by atoms with van der Waals surface area (Å²) in [5.41, 5.74) is 4.53. The van der Waals surface area contributed by atoms with E-state index in [1.165, 1.54) is 24.3 Å². The summed E-state index contributed by atoms with van der Waals surface area (Å²) in [6.45, 7) is 1.16. The minimum atomic E-state index is -0.379. The SMILES string of the molecule is O=C(NC1=c2[nH]c3c(c2C=C1)NCCC=3)c1cc2cc(F)ccc2n1Cc1cccc(F)c1. The first-order valence-electron chi connectivity index (χ1n) is 10.8. The summed E-state index contributed by atoms with van der Waals surface area (Å²) in [4.78, 5) is 16.8. The van der Waals surface area contributed by atoms with E-state index < -0.39 is 0 Å². The maximum Gasteiger partial charge on any atom is 0.272 e. The molecule has 0 radical (unpaired) electrons. The number of aromatic nitrogens is 2. The van der Waals surface area contributed by atoms with Gasteiger partial charge in [0.05, 0.1) is 22.1 Å². The zero-order chi connectivity index (χ0) is 22.5. The molecule has 4 aromatic rings. The molecule has 1 aliphatic carbocycles. The molecule has 6 rings (SSSR count). The van der Waals surface area contributed by atoms with Gasteiger partial charge in [-0.05, 0) is 60.5 Å². The predicted octanol–water partition coefficient (Wildman–Crippen LogP) is 3.46. The molecule has 0 atom stereocenters. The maximum atomic E-state index is 13.9. The number of H-pyrrole nitrogens is 1. The largest absolute Gasteiger partial charge is 0.383 e. The summed E-state index contributed by atoms with van der Waals surface area (Å²) in [5.74, 6) is -1.04. The van der Waals surface area contributed by atoms with Gasteiger partial charge in [-0.3, -0.25) is 4.79 Å². The predicted molar refractivity (Wildman–Crippen MR) is 125 cm³/mol. The van der Waals surface area contributed by atoms with Crippen LogP contribution in [-0.4, -0.2) is 22.0 Å². The van der Waals surface area contributed by atoms with E-state index in [-0.39, 0.29) is 24.1 Å². The lowest BCUT2D eigenvalue weighted by atomic mass is 10.2. The van der Waals surface area contributed by atoms with Crippen LogP contribution < -0.4 is 21.3 Å². The molecule has 3 N–H and O–H groups in total. The molecule has 3 heterocycles. The molecule has 164 valence electrons. The smallest absolute Gasteiger partial charge is 0.272 e. The Hall–Kier alpha value is -4.13. The van der Waals surface area contributed by atoms with Crippen LogP contribution in [0.3, 0.4) is 0 Å². The molecule has 33 heavy (non-hydrogen) atoms. The van der Waals surface area contributed by atoms with E-state index in [1.807, 2.05) is 12.2 Å². The molecule has 0 unspecified atom stereocenters. The first-order valence-corrected chi connectivity index (χ1v) is 10.8. The fraction of sp³-hybridized carbons (Fsp3) is 0.115. The summed E-state index contributed by atoms with van der Waals surface area (Å²) in [5, 5.41) is 8.90. The van der Waals surface area contributed by atoms with E-state index in [9.17, 15) is 13.6 Å². The van der Waals surface area contributed by atoms with Crippen molar-refractivity contribution in [2.45, 2.75) is 13.0 Å². The fourth-order valence-electron chi connectivity index (χ4n) is 4.63. The van der Waals surface area contributed by atoms with Crippen molar-refractivity contribution in [2.75, 3.05) is 11.9 Å². The first-order chi connectivity index (χ1) is 16.1. The number of benzene rings is 2. The molecule has 2 aromatic heterocycles. The van der Waals surface area contributed by atoms with Crippen molar-refractivity contribution in [3.63, 3.8) is 0 Å². The lowest BCUT2D eigenvalue weighted by Crippen LogP contribution is -2.28. The minimum Gasteiger partial charge on any atom is -0.383 e. The number of fused-ring (bicyclic) bond motifs is 4. The highest BCUT2D eigenvalue weighted by Gasteiger charge is 2.21. The van der Waals surface area contributed by atoms with Gasteiger partial charge >= 0.3 is 0 Å². The average molecular weight is 442 g/mol. The number of rotatable bonds is 4. The van der Waals surface area contributed by atoms with Crippen LogP contribution in [0.5, 0.6) is 0 Å². The highest BCUT2D eigenvalue weighted by Crippen LogP contribution is 2.24. The Labute approximate surface area is 187 Å². The summed E-state index contributed by atoms with van der Waals surface area (Å²) < 4.78 is 29.4. The Morgan fingerprint density at radius 3 is 2.82 bits per heavy atom. The minimum absolute atomic E-state index is 0.280. The van der Waals surface area contributed by atoms with E-state index in [4.69, 9.17) is 0 Å². The number of nitrogens with zero attached hydrogens (tertiary/aromatic N) is 1. The van der Waals surface area contributed by atoms with Gasteiger partial charge in [-0.2, -0.15) is 0 Å². The van der Waals surface area contributed by atoms with E-state index >= 15 is 0 Å². The monoisotopic (exact) mass is 442 g/mol. The number of hydrogen-bond acceptors (Lipinski definition) is 2. The van der Waals surface area contributed by atoms with Gasteiger partial charge in [0.15, 0.2) is 0 Å². The van der Waals surface area contributed by atoms with Crippen molar-refractivity contribution >= 4 is 40.3 Å². The fourth-order valence-corrected chi connectivity index (χ4v) is 4.63. The van der Waals surface area contributed by atoms with Crippen molar-refractivity contribution in [2.24, 2.45) is 0 Å². The second-order valence-corrected chi connectivity index (χ2v) is 8.27. The number of halogens is 2. The van der Waals surface area contributed by atoms with E-state index in [0.717, 1.165) is 34.9 Å². The maximum absolute atomic E-state index is 13.9. The molecule has 0 saturated carbocycles. The van der Waals surface area contributed by atoms with E-state index in [0.29, 0.717) is 27.9 Å². The molecule has 5 nitrogen and oxygen atoms in total. The van der Waals surface area contributed by atoms with E-state index in [2.05, 4.69) is 21.7 Å². The molecule has 1 aliphatic heterocycles. The highest BCUT2D eigenvalue weighted by molar-refractivity contribution is 6.03. The Kier molecular flexibility index (Phi) is 4.43. The number of carbonyl (C=O) groups excluding carboxylic acids is 1. The van der Waals surface area contributed by atoms with Gasteiger partial charge in [-0.25, -0.2) is 8.78 Å². The number of hydrogen-bond donors (Lipinski definition) is 3. The Bertz CT molecular complexity index is 1590. The van der Waals surface area contributed by atoms with Crippen LogP contribution in [0.2, 0.25) is 0 Å². The lowest BCUT2D eigenvalue weighted by molar-refractivity contribution is 0.0965. The topological polar surface area (TPSA) is 61.9 Å². The van der Waals surface area contributed by atoms with E-state index in [1.54, 1.807) is 28.8 Å². The molecule has 0 spiro atoms.